The molecule has 6 nitrogen and oxygen atoms in total. The van der Waals surface area contributed by atoms with Crippen LogP contribution in [0.2, 0.25) is 0 Å². The van der Waals surface area contributed by atoms with Crippen LogP contribution < -0.4 is 5.32 Å². The molecule has 0 fully saturated rings. The molecule has 116 valence electrons. The molecule has 0 saturated carbocycles. The molecule has 0 aliphatic rings. The van der Waals surface area contributed by atoms with E-state index in [1.54, 1.807) is 0 Å². The van der Waals surface area contributed by atoms with E-state index in [2.05, 4.69) is 10.3 Å². The Labute approximate surface area is 124 Å². The summed E-state index contributed by atoms with van der Waals surface area (Å²) in [6, 6.07) is 4.73. The van der Waals surface area contributed by atoms with Gasteiger partial charge < -0.3 is 10.4 Å². The van der Waals surface area contributed by atoms with Gasteiger partial charge in [0, 0.05) is 12.1 Å². The van der Waals surface area contributed by atoms with Gasteiger partial charge in [0.15, 0.2) is 0 Å². The SMILES string of the molecule is Cc1cc(NCC(O)c2c(F)cccc2F)ncc1[N+](=O)[O-]. The number of nitrogens with zero attached hydrogens (tertiary/aromatic N) is 2. The largest absolute Gasteiger partial charge is 0.386 e. The second-order valence-electron chi connectivity index (χ2n) is 4.65. The number of anilines is 1. The number of rotatable bonds is 5. The fourth-order valence-corrected chi connectivity index (χ4v) is 1.97. The average molecular weight is 309 g/mol. The van der Waals surface area contributed by atoms with Gasteiger partial charge in [0.05, 0.1) is 10.5 Å². The first-order valence-electron chi connectivity index (χ1n) is 6.37. The minimum absolute atomic E-state index is 0.133. The van der Waals surface area contributed by atoms with Crippen LogP contribution in [0.5, 0.6) is 0 Å². The monoisotopic (exact) mass is 309 g/mol. The summed E-state index contributed by atoms with van der Waals surface area (Å²) in [4.78, 5) is 13.9. The lowest BCUT2D eigenvalue weighted by Crippen LogP contribution is -2.15. The van der Waals surface area contributed by atoms with E-state index in [1.807, 2.05) is 0 Å². The Balaban J connectivity index is 2.10. The topological polar surface area (TPSA) is 88.3 Å². The number of benzene rings is 1. The molecule has 1 aromatic heterocycles. The van der Waals surface area contributed by atoms with Crippen molar-refractivity contribution in [3.05, 3.63) is 63.3 Å². The van der Waals surface area contributed by atoms with Crippen LogP contribution in [0.3, 0.4) is 0 Å². The molecule has 2 aromatic rings. The summed E-state index contributed by atoms with van der Waals surface area (Å²) < 4.78 is 27.0. The number of pyridine rings is 1. The Hall–Kier alpha value is -2.61. The van der Waals surface area contributed by atoms with E-state index >= 15 is 0 Å². The van der Waals surface area contributed by atoms with Gasteiger partial charge in [0.2, 0.25) is 0 Å². The zero-order valence-corrected chi connectivity index (χ0v) is 11.6. The van der Waals surface area contributed by atoms with Gasteiger partial charge in [-0.2, -0.15) is 0 Å². The van der Waals surface area contributed by atoms with Crippen LogP contribution in [0.25, 0.3) is 0 Å². The first-order chi connectivity index (χ1) is 10.4. The fourth-order valence-electron chi connectivity index (χ4n) is 1.97. The molecule has 8 heteroatoms. The summed E-state index contributed by atoms with van der Waals surface area (Å²) >= 11 is 0. The minimum atomic E-state index is -1.42. The molecule has 0 radical (unpaired) electrons. The summed E-state index contributed by atoms with van der Waals surface area (Å²) in [5.41, 5.74) is -0.186. The third-order valence-corrected chi connectivity index (χ3v) is 3.09. The van der Waals surface area contributed by atoms with Crippen molar-refractivity contribution >= 4 is 11.5 Å². The molecule has 1 unspecified atom stereocenters. The van der Waals surface area contributed by atoms with Crippen LogP contribution in [0.15, 0.2) is 30.5 Å². The Morgan fingerprint density at radius 2 is 2.05 bits per heavy atom. The van der Waals surface area contributed by atoms with Gasteiger partial charge in [0.1, 0.15) is 29.8 Å². The first-order valence-corrected chi connectivity index (χ1v) is 6.37. The molecule has 22 heavy (non-hydrogen) atoms. The number of aromatic nitrogens is 1. The lowest BCUT2D eigenvalue weighted by atomic mass is 10.1. The smallest absolute Gasteiger partial charge is 0.290 e. The molecule has 0 spiro atoms. The highest BCUT2D eigenvalue weighted by atomic mass is 19.1. The summed E-state index contributed by atoms with van der Waals surface area (Å²) in [6.45, 7) is 1.35. The maximum Gasteiger partial charge on any atom is 0.290 e. The Kier molecular flexibility index (Phi) is 4.62. The Morgan fingerprint density at radius 1 is 1.41 bits per heavy atom. The molecule has 2 N–H and O–H groups in total. The van der Waals surface area contributed by atoms with Gasteiger partial charge in [-0.25, -0.2) is 13.8 Å². The Bertz CT molecular complexity index is 689. The van der Waals surface area contributed by atoms with Crippen LogP contribution in [0.4, 0.5) is 20.3 Å². The third kappa shape index (κ3) is 3.34. The maximum absolute atomic E-state index is 13.5. The Morgan fingerprint density at radius 3 is 2.59 bits per heavy atom. The van der Waals surface area contributed by atoms with Crippen LogP contribution in [0.1, 0.15) is 17.2 Å². The van der Waals surface area contributed by atoms with Crippen molar-refractivity contribution in [2.75, 3.05) is 11.9 Å². The second kappa shape index (κ2) is 6.44. The van der Waals surface area contributed by atoms with Crippen molar-refractivity contribution in [3.8, 4) is 0 Å². The van der Waals surface area contributed by atoms with Crippen molar-refractivity contribution in [1.82, 2.24) is 4.98 Å². The van der Waals surface area contributed by atoms with Gasteiger partial charge in [-0.1, -0.05) is 6.07 Å². The number of halogens is 2. The predicted molar refractivity (Wildman–Crippen MR) is 75.4 cm³/mol. The predicted octanol–water partition coefficient (Wildman–Crippen LogP) is 2.72. The summed E-state index contributed by atoms with van der Waals surface area (Å²) in [5, 5.41) is 23.2. The molecule has 0 amide bonds. The van der Waals surface area contributed by atoms with Crippen molar-refractivity contribution in [2.45, 2.75) is 13.0 Å². The summed E-state index contributed by atoms with van der Waals surface area (Å²) in [7, 11) is 0. The summed E-state index contributed by atoms with van der Waals surface area (Å²) in [6.07, 6.45) is -0.341. The maximum atomic E-state index is 13.5. The van der Waals surface area contributed by atoms with E-state index in [1.165, 1.54) is 19.1 Å². The van der Waals surface area contributed by atoms with E-state index < -0.39 is 28.2 Å². The summed E-state index contributed by atoms with van der Waals surface area (Å²) in [5.74, 6) is -1.43. The van der Waals surface area contributed by atoms with Crippen LogP contribution >= 0.6 is 0 Å². The number of hydrogen-bond donors (Lipinski definition) is 2. The number of hydrogen-bond acceptors (Lipinski definition) is 5. The molecule has 2 rings (SSSR count). The van der Waals surface area contributed by atoms with E-state index in [9.17, 15) is 24.0 Å². The van der Waals surface area contributed by atoms with Crippen LogP contribution in [-0.2, 0) is 0 Å². The average Bonchev–Trinajstić information content (AvgIpc) is 2.44. The zero-order valence-electron chi connectivity index (χ0n) is 11.6. The highest BCUT2D eigenvalue weighted by Gasteiger charge is 2.18. The molecule has 0 bridgehead atoms. The molecule has 1 aromatic carbocycles. The molecular formula is C14H13F2N3O3. The molecular weight excluding hydrogens is 296 g/mol. The number of nitrogens with one attached hydrogen (secondary N) is 1. The third-order valence-electron chi connectivity index (χ3n) is 3.09. The van der Waals surface area contributed by atoms with Gasteiger partial charge in [-0.3, -0.25) is 10.1 Å². The quantitative estimate of drug-likeness (QED) is 0.655. The van der Waals surface area contributed by atoms with Crippen molar-refractivity contribution in [1.29, 1.82) is 0 Å². The van der Waals surface area contributed by atoms with E-state index in [0.29, 0.717) is 5.56 Å². The lowest BCUT2D eigenvalue weighted by molar-refractivity contribution is -0.385. The number of aliphatic hydroxyl groups is 1. The van der Waals surface area contributed by atoms with Gasteiger partial charge in [-0.15, -0.1) is 0 Å². The van der Waals surface area contributed by atoms with Crippen molar-refractivity contribution in [2.24, 2.45) is 0 Å². The normalized spacial score (nSPS) is 12.0. The standard InChI is InChI=1S/C14H13F2N3O3/c1-8-5-13(17-6-11(8)19(21)22)18-7-12(20)14-9(15)3-2-4-10(14)16/h2-6,12,20H,7H2,1H3,(H,17,18). The van der Waals surface area contributed by atoms with E-state index in [4.69, 9.17) is 0 Å². The number of aliphatic hydroxyl groups excluding tert-OH is 1. The first kappa shape index (κ1) is 15.8. The van der Waals surface area contributed by atoms with Crippen LogP contribution in [-0.4, -0.2) is 21.6 Å². The number of aryl methyl sites for hydroxylation is 1. The van der Waals surface area contributed by atoms with Crippen LogP contribution in [0, 0.1) is 28.7 Å². The molecule has 0 aliphatic heterocycles. The lowest BCUT2D eigenvalue weighted by Gasteiger charge is -2.14. The highest BCUT2D eigenvalue weighted by molar-refractivity contribution is 5.47. The van der Waals surface area contributed by atoms with E-state index in [-0.39, 0.29) is 18.1 Å². The van der Waals surface area contributed by atoms with Crippen molar-refractivity contribution in [3.63, 3.8) is 0 Å². The minimum Gasteiger partial charge on any atom is -0.386 e. The number of nitro groups is 1. The fraction of sp³-hybridized carbons (Fsp3) is 0.214. The molecule has 0 aliphatic carbocycles. The van der Waals surface area contributed by atoms with Gasteiger partial charge in [-0.05, 0) is 25.1 Å². The van der Waals surface area contributed by atoms with Crippen molar-refractivity contribution < 1.29 is 18.8 Å². The molecule has 0 saturated heterocycles. The van der Waals surface area contributed by atoms with Gasteiger partial charge in [0.25, 0.3) is 5.69 Å². The highest BCUT2D eigenvalue weighted by Crippen LogP contribution is 2.22. The molecule has 1 heterocycles. The van der Waals surface area contributed by atoms with Gasteiger partial charge >= 0.3 is 0 Å². The molecule has 1 atom stereocenters. The zero-order chi connectivity index (χ0) is 16.3. The van der Waals surface area contributed by atoms with E-state index in [0.717, 1.165) is 18.3 Å². The second-order valence-corrected chi connectivity index (χ2v) is 4.65.